The molecule has 0 heterocycles. The number of ether oxygens (including phenoxy) is 4. The van der Waals surface area contributed by atoms with Crippen molar-refractivity contribution in [2.45, 2.75) is 12.3 Å². The Morgan fingerprint density at radius 3 is 1.36 bits per heavy atom. The maximum Gasteiger partial charge on any atom is 0.124 e. The van der Waals surface area contributed by atoms with Crippen LogP contribution in [0.5, 0.6) is 23.0 Å². The third-order valence-corrected chi connectivity index (χ3v) is 8.89. The summed E-state index contributed by atoms with van der Waals surface area (Å²) >= 11 is 0. The molecule has 0 unspecified atom stereocenters. The largest absolute Gasteiger partial charge is 0.491 e. The van der Waals surface area contributed by atoms with Crippen LogP contribution in [0.15, 0.2) is 115 Å². The summed E-state index contributed by atoms with van der Waals surface area (Å²) in [6.45, 7) is 2.16. The summed E-state index contributed by atoms with van der Waals surface area (Å²) in [7, 11) is 0. The molecule has 6 aromatic rings. The molecule has 8 heteroatoms. The van der Waals surface area contributed by atoms with E-state index in [1.807, 2.05) is 78.9 Å². The van der Waals surface area contributed by atoms with Crippen molar-refractivity contribution in [1.29, 1.82) is 0 Å². The lowest BCUT2D eigenvalue weighted by Gasteiger charge is -2.36. The molecule has 0 saturated carbocycles. The van der Waals surface area contributed by atoms with E-state index in [1.165, 1.54) is 0 Å². The highest BCUT2D eigenvalue weighted by molar-refractivity contribution is 5.96. The average molecular weight is 675 g/mol. The Bertz CT molecular complexity index is 1920. The lowest BCUT2D eigenvalue weighted by atomic mass is 9.67. The molecule has 0 aliphatic rings. The van der Waals surface area contributed by atoms with Gasteiger partial charge in [0.2, 0.25) is 0 Å². The quantitative estimate of drug-likeness (QED) is 0.0861. The summed E-state index contributed by atoms with van der Waals surface area (Å²) < 4.78 is 24.2. The van der Waals surface area contributed by atoms with E-state index < -0.39 is 5.41 Å². The molecule has 0 bridgehead atoms. The molecule has 0 spiro atoms. The number of aliphatic hydroxyl groups is 4. The third kappa shape index (κ3) is 7.11. The van der Waals surface area contributed by atoms with E-state index in [1.54, 1.807) is 0 Å². The van der Waals surface area contributed by atoms with Crippen molar-refractivity contribution in [3.63, 3.8) is 0 Å². The molecule has 0 fully saturated rings. The van der Waals surface area contributed by atoms with Gasteiger partial charge in [-0.3, -0.25) is 0 Å². The fourth-order valence-corrected chi connectivity index (χ4v) is 6.71. The summed E-state index contributed by atoms with van der Waals surface area (Å²) in [6, 6.07) is 38.1. The molecule has 258 valence electrons. The molecule has 0 saturated heterocycles. The molecular formula is C42H42O8. The fraction of sp³-hybridized carbons (Fsp3) is 0.238. The molecule has 8 nitrogen and oxygen atoms in total. The first-order chi connectivity index (χ1) is 24.5. The van der Waals surface area contributed by atoms with Crippen LogP contribution in [0.3, 0.4) is 0 Å². The van der Waals surface area contributed by atoms with Crippen molar-refractivity contribution in [3.8, 4) is 34.1 Å². The van der Waals surface area contributed by atoms with Crippen LogP contribution in [0.25, 0.3) is 32.7 Å². The summed E-state index contributed by atoms with van der Waals surface area (Å²) in [5.41, 5.74) is 3.89. The van der Waals surface area contributed by atoms with Crippen LogP contribution in [0, 0.1) is 0 Å². The van der Waals surface area contributed by atoms with E-state index in [9.17, 15) is 20.4 Å². The molecule has 50 heavy (non-hydrogen) atoms. The maximum absolute atomic E-state index is 9.86. The van der Waals surface area contributed by atoms with Crippen molar-refractivity contribution in [1.82, 2.24) is 0 Å². The Kier molecular flexibility index (Phi) is 11.2. The molecule has 0 atom stereocenters. The molecule has 0 aliphatic heterocycles. The van der Waals surface area contributed by atoms with Crippen molar-refractivity contribution in [2.75, 3.05) is 52.9 Å². The van der Waals surface area contributed by atoms with Crippen LogP contribution in [0.2, 0.25) is 0 Å². The predicted octanol–water partition coefficient (Wildman–Crippen LogP) is 6.50. The Hall–Kier alpha value is -5.12. The average Bonchev–Trinajstić information content (AvgIpc) is 3.17. The highest BCUT2D eigenvalue weighted by atomic mass is 16.5. The fourth-order valence-electron chi connectivity index (χ4n) is 6.71. The number of hydrogen-bond acceptors (Lipinski definition) is 8. The van der Waals surface area contributed by atoms with Crippen LogP contribution in [-0.4, -0.2) is 73.3 Å². The zero-order valence-corrected chi connectivity index (χ0v) is 28.0. The number of rotatable bonds is 16. The molecule has 0 radical (unpaired) electrons. The Balaban J connectivity index is 1.69. The molecule has 6 rings (SSSR count). The van der Waals surface area contributed by atoms with Gasteiger partial charge in [0, 0.05) is 11.1 Å². The van der Waals surface area contributed by atoms with E-state index in [0.29, 0.717) is 23.0 Å². The van der Waals surface area contributed by atoms with E-state index in [-0.39, 0.29) is 52.9 Å². The topological polar surface area (TPSA) is 118 Å². The number of hydrogen-bond donors (Lipinski definition) is 4. The summed E-state index contributed by atoms with van der Waals surface area (Å²) in [4.78, 5) is 0. The molecule has 6 aromatic carbocycles. The van der Waals surface area contributed by atoms with Crippen molar-refractivity contribution in [2.24, 2.45) is 0 Å². The highest BCUT2D eigenvalue weighted by Crippen LogP contribution is 2.52. The van der Waals surface area contributed by atoms with Gasteiger partial charge in [-0.2, -0.15) is 0 Å². The van der Waals surface area contributed by atoms with Gasteiger partial charge in [0.25, 0.3) is 0 Å². The number of benzene rings is 6. The second-order valence-electron chi connectivity index (χ2n) is 12.0. The SMILES string of the molecule is CC(c1ccc(-c2ccccc2)cc1)(c1c(OCCO)ccc2cc(OCCO)ccc12)c1c(OCCO)ccc2cc(OCCO)ccc12. The Labute approximate surface area is 291 Å². The van der Waals surface area contributed by atoms with Gasteiger partial charge in [-0.15, -0.1) is 0 Å². The molecular weight excluding hydrogens is 632 g/mol. The first kappa shape index (κ1) is 34.7. The van der Waals surface area contributed by atoms with Gasteiger partial charge in [-0.1, -0.05) is 78.9 Å². The van der Waals surface area contributed by atoms with Crippen LogP contribution in [0.4, 0.5) is 0 Å². The highest BCUT2D eigenvalue weighted by Gasteiger charge is 2.39. The van der Waals surface area contributed by atoms with Gasteiger partial charge in [-0.25, -0.2) is 0 Å². The van der Waals surface area contributed by atoms with E-state index in [0.717, 1.165) is 49.4 Å². The Morgan fingerprint density at radius 2 is 0.900 bits per heavy atom. The normalized spacial score (nSPS) is 11.5. The number of fused-ring (bicyclic) bond motifs is 2. The van der Waals surface area contributed by atoms with E-state index >= 15 is 0 Å². The lowest BCUT2D eigenvalue weighted by Crippen LogP contribution is -2.28. The van der Waals surface area contributed by atoms with Crippen LogP contribution >= 0.6 is 0 Å². The van der Waals surface area contributed by atoms with E-state index in [4.69, 9.17) is 18.9 Å². The molecule has 0 aliphatic carbocycles. The zero-order valence-electron chi connectivity index (χ0n) is 28.0. The van der Waals surface area contributed by atoms with Crippen LogP contribution < -0.4 is 18.9 Å². The molecule has 4 N–H and O–H groups in total. The Morgan fingerprint density at radius 1 is 0.460 bits per heavy atom. The molecule has 0 aromatic heterocycles. The van der Waals surface area contributed by atoms with Gasteiger partial charge < -0.3 is 39.4 Å². The first-order valence-electron chi connectivity index (χ1n) is 16.8. The standard InChI is InChI=1S/C42H42O8/c1-42(33-11-7-30(8-12-33)29-5-3-2-4-6-29,40-36-15-13-34(47-23-19-43)27-31(36)9-17-38(40)49-25-21-45)41-37-16-14-35(48-24-20-44)28-32(37)10-18-39(41)50-26-22-46/h2-18,27-28,43-46H,19-26H2,1H3. The maximum atomic E-state index is 9.86. The lowest BCUT2D eigenvalue weighted by molar-refractivity contribution is 0.197. The third-order valence-electron chi connectivity index (χ3n) is 8.89. The monoisotopic (exact) mass is 674 g/mol. The molecule has 0 amide bonds. The minimum absolute atomic E-state index is 0.0915. The summed E-state index contributed by atoms with van der Waals surface area (Å²) in [5.74, 6) is 2.45. The minimum Gasteiger partial charge on any atom is -0.491 e. The predicted molar refractivity (Wildman–Crippen MR) is 196 cm³/mol. The summed E-state index contributed by atoms with van der Waals surface area (Å²) in [6.07, 6.45) is 0. The van der Waals surface area contributed by atoms with Crippen LogP contribution in [-0.2, 0) is 5.41 Å². The second kappa shape index (κ2) is 16.1. The van der Waals surface area contributed by atoms with Crippen molar-refractivity contribution in [3.05, 3.63) is 132 Å². The van der Waals surface area contributed by atoms with Crippen LogP contribution in [0.1, 0.15) is 23.6 Å². The van der Waals surface area contributed by atoms with Gasteiger partial charge in [0.05, 0.1) is 31.8 Å². The smallest absolute Gasteiger partial charge is 0.124 e. The summed E-state index contributed by atoms with van der Waals surface area (Å²) in [5, 5.41) is 42.1. The van der Waals surface area contributed by atoms with E-state index in [2.05, 4.69) is 43.3 Å². The second-order valence-corrected chi connectivity index (χ2v) is 12.0. The zero-order chi connectivity index (χ0) is 34.9. The van der Waals surface area contributed by atoms with Gasteiger partial charge in [0.15, 0.2) is 0 Å². The van der Waals surface area contributed by atoms with Gasteiger partial charge >= 0.3 is 0 Å². The van der Waals surface area contributed by atoms with Crippen molar-refractivity contribution >= 4 is 21.5 Å². The van der Waals surface area contributed by atoms with Gasteiger partial charge in [-0.05, 0) is 81.6 Å². The number of aliphatic hydroxyl groups excluding tert-OH is 4. The first-order valence-corrected chi connectivity index (χ1v) is 16.8. The van der Waals surface area contributed by atoms with Crippen molar-refractivity contribution < 1.29 is 39.4 Å². The van der Waals surface area contributed by atoms with Gasteiger partial charge in [0.1, 0.15) is 49.4 Å². The minimum atomic E-state index is -0.940.